The van der Waals surface area contributed by atoms with Crippen LogP contribution in [0.2, 0.25) is 20.2 Å². The van der Waals surface area contributed by atoms with E-state index in [1.54, 1.807) is 44.2 Å². The number of carboxylic acid groups (broad SMARTS) is 1. The predicted octanol–water partition coefficient (Wildman–Crippen LogP) is 7.87. The number of carbonyl (C=O) groups excluding carboxylic acids is 3. The number of carboxylic acids is 1. The van der Waals surface area contributed by atoms with Crippen LogP contribution in [0.15, 0.2) is 121 Å². The van der Waals surface area contributed by atoms with E-state index in [1.807, 2.05) is 52.3 Å². The van der Waals surface area contributed by atoms with Crippen LogP contribution in [-0.4, -0.2) is 93.9 Å². The van der Waals surface area contributed by atoms with Crippen LogP contribution in [0.4, 0.5) is 36.2 Å². The molecule has 25 heteroatoms. The summed E-state index contributed by atoms with van der Waals surface area (Å²) in [6.45, 7) is 4.11. The Kier molecular flexibility index (Phi) is 21.9. The molecule has 412 valence electrons. The van der Waals surface area contributed by atoms with Crippen molar-refractivity contribution in [2.75, 3.05) is 55.9 Å². The number of ether oxygens (including phenoxy) is 5. The van der Waals surface area contributed by atoms with Crippen molar-refractivity contribution in [3.05, 3.63) is 170 Å². The molecule has 0 spiro atoms. The number of halogens is 7. The first kappa shape index (κ1) is 61.3. The van der Waals surface area contributed by atoms with Crippen LogP contribution in [0.1, 0.15) is 25.0 Å². The van der Waals surface area contributed by atoms with Gasteiger partial charge in [-0.3, -0.25) is 0 Å². The quantitative estimate of drug-likeness (QED) is 0.0513. The first-order valence-corrected chi connectivity index (χ1v) is 25.9. The van der Waals surface area contributed by atoms with Gasteiger partial charge >= 0.3 is 41.5 Å². The van der Waals surface area contributed by atoms with Crippen LogP contribution in [0.5, 0.6) is 17.6 Å². The molecule has 0 bridgehead atoms. The summed E-state index contributed by atoms with van der Waals surface area (Å²) < 4.78 is 67.0. The van der Waals surface area contributed by atoms with E-state index in [2.05, 4.69) is 36.0 Å². The summed E-state index contributed by atoms with van der Waals surface area (Å²) >= 11 is 23.1. The number of nitrogens with zero attached hydrogens (tertiary/aromatic N) is 8. The van der Waals surface area contributed by atoms with Crippen LogP contribution in [-0.2, 0) is 36.7 Å². The number of anilines is 4. The van der Waals surface area contributed by atoms with Gasteiger partial charge in [0.2, 0.25) is 17.6 Å². The fourth-order valence-electron chi connectivity index (χ4n) is 7.97. The number of fused-ring (bicyclic) bond motifs is 2. The Morgan fingerprint density at radius 3 is 1.26 bits per heavy atom. The minimum Gasteiger partial charge on any atom is -0.546 e. The molecule has 0 saturated carbocycles. The summed E-state index contributed by atoms with van der Waals surface area (Å²) in [5, 5.41) is 10.9. The normalized spacial score (nSPS) is 11.9. The van der Waals surface area contributed by atoms with Gasteiger partial charge in [0.1, 0.15) is 40.8 Å². The molecule has 2 aliphatic rings. The second-order valence-corrected chi connectivity index (χ2v) is 18.5. The largest absolute Gasteiger partial charge is 1.00 e. The third-order valence-corrected chi connectivity index (χ3v) is 12.6. The van der Waals surface area contributed by atoms with Crippen molar-refractivity contribution in [1.29, 1.82) is 0 Å². The molecule has 3 aromatic heterocycles. The summed E-state index contributed by atoms with van der Waals surface area (Å²) in [4.78, 5) is 63.5. The molecule has 0 aliphatic carbocycles. The topological polar surface area (TPSA) is 204 Å². The van der Waals surface area contributed by atoms with Gasteiger partial charge in [0.05, 0.1) is 34.3 Å². The van der Waals surface area contributed by atoms with E-state index >= 15 is 0 Å². The number of aliphatic carboxylic acids is 1. The molecule has 10 rings (SSSR count). The summed E-state index contributed by atoms with van der Waals surface area (Å²) in [5.74, 6) is -2.08. The molecule has 0 atom stereocenters. The molecule has 0 radical (unpaired) electrons. The molecule has 8 aromatic rings. The molecular weight excluding hydrogens is 1150 g/mol. The number of benzene rings is 5. The van der Waals surface area contributed by atoms with Gasteiger partial charge in [-0.25, -0.2) is 37.7 Å². The predicted molar refractivity (Wildman–Crippen MR) is 291 cm³/mol. The maximum absolute atomic E-state index is 14.0. The number of carbonyl (C=O) groups is 3. The van der Waals surface area contributed by atoms with Crippen LogP contribution in [0.25, 0.3) is 34.2 Å². The smallest absolute Gasteiger partial charge is 0.546 e. The minimum atomic E-state index is -1.37. The molecule has 0 N–H and O–H groups in total. The number of esters is 2. The Labute approximate surface area is 504 Å². The first-order valence-electron chi connectivity index (χ1n) is 24.3. The summed E-state index contributed by atoms with van der Waals surface area (Å²) in [7, 11) is 0. The first-order chi connectivity index (χ1) is 38.5. The van der Waals surface area contributed by atoms with Crippen molar-refractivity contribution in [2.24, 2.45) is 0 Å². The maximum atomic E-state index is 14.0. The molecule has 17 nitrogen and oxygen atoms in total. The van der Waals surface area contributed by atoms with Crippen molar-refractivity contribution in [1.82, 2.24) is 29.9 Å². The molecule has 0 amide bonds. The molecule has 81 heavy (non-hydrogen) atoms. The standard InChI is InChI=1S/C22H19ClFN3O3.C20H15ClFN3O3.C14H11Cl2FN2O3.Na/c1-2-29-21(28)13-30-20-12-19(27-10-9-14-5-3-4-6-18(14)27)25-22(26-20)15-7-8-16(23)17(24)11-15;21-14-6-5-13(9-15(14)22)20-23-17(10-18(24-20)28-11-19(26)27)25-8-7-12-3-1-2-4-16(12)25;1-2-21-13(20)7-22-12-6-11(16)18-14(19-12)8-3-4-9(15)10(17)5-8;/h3-8,11-12H,2,9-10,13H2,1H3;1-6,9-10H,7-8,11H2,(H,26,27);3-6H,2,7H2,1H3;/q;;;+1/p-1. The molecule has 5 heterocycles. The van der Waals surface area contributed by atoms with E-state index in [0.717, 1.165) is 30.8 Å². The monoisotopic (exact) mass is 1190 g/mol. The Bertz CT molecular complexity index is 3580. The average molecular weight is 1190 g/mol. The van der Waals surface area contributed by atoms with Gasteiger partial charge in [-0.2, -0.15) is 15.0 Å². The second-order valence-electron chi connectivity index (χ2n) is 16.9. The van der Waals surface area contributed by atoms with Crippen molar-refractivity contribution in [3.8, 4) is 51.8 Å². The average Bonchev–Trinajstić information content (AvgIpc) is 4.25. The zero-order valence-corrected chi connectivity index (χ0v) is 48.3. The SMILES string of the molecule is CCOC(=O)COc1cc(Cl)nc(-c2ccc(Cl)c(F)c2)n1.CCOC(=O)COc1cc(N2CCc3ccccc32)nc(-c2ccc(Cl)c(F)c2)n1.O=C([O-])COc1cc(N2CCc3ccccc32)nc(-c2ccc(Cl)c(F)c2)n1.[Na+]. The second kappa shape index (κ2) is 28.9. The van der Waals surface area contributed by atoms with Gasteiger partial charge in [-0.05, 0) is 105 Å². The minimum absolute atomic E-state index is 0. The third kappa shape index (κ3) is 16.4. The Balaban J connectivity index is 0.000000176. The van der Waals surface area contributed by atoms with Crippen LogP contribution in [0, 0.1) is 17.5 Å². The summed E-state index contributed by atoms with van der Waals surface area (Å²) in [6.07, 6.45) is 1.73. The zero-order valence-electron chi connectivity index (χ0n) is 43.3. The van der Waals surface area contributed by atoms with Gasteiger partial charge in [0, 0.05) is 59.4 Å². The van der Waals surface area contributed by atoms with Gasteiger partial charge in [0.25, 0.3) is 0 Å². The van der Waals surface area contributed by atoms with E-state index in [-0.39, 0.29) is 111 Å². The van der Waals surface area contributed by atoms with E-state index in [9.17, 15) is 32.7 Å². The maximum Gasteiger partial charge on any atom is 1.00 e. The number of hydrogen-bond donors (Lipinski definition) is 0. The molecule has 2 aliphatic heterocycles. The Morgan fingerprint density at radius 1 is 0.506 bits per heavy atom. The fraction of sp³-hybridized carbons (Fsp3) is 0.196. The van der Waals surface area contributed by atoms with Crippen LogP contribution >= 0.6 is 46.4 Å². The Hall–Kier alpha value is -7.30. The third-order valence-electron chi connectivity index (χ3n) is 11.5. The van der Waals surface area contributed by atoms with Gasteiger partial charge in [-0.1, -0.05) is 82.8 Å². The van der Waals surface area contributed by atoms with Gasteiger partial charge < -0.3 is 43.4 Å². The molecule has 5 aromatic carbocycles. The van der Waals surface area contributed by atoms with Gasteiger partial charge in [0.15, 0.2) is 30.7 Å². The summed E-state index contributed by atoms with van der Waals surface area (Å²) in [6, 6.07) is 33.2. The molecule has 0 saturated heterocycles. The van der Waals surface area contributed by atoms with Crippen molar-refractivity contribution < 1.29 is 85.9 Å². The van der Waals surface area contributed by atoms with Crippen molar-refractivity contribution >= 4 is 87.3 Å². The van der Waals surface area contributed by atoms with E-state index < -0.39 is 42.0 Å². The number of hydrogen-bond acceptors (Lipinski definition) is 17. The van der Waals surface area contributed by atoms with Gasteiger partial charge in [-0.15, -0.1) is 0 Å². The van der Waals surface area contributed by atoms with Crippen molar-refractivity contribution in [3.63, 3.8) is 0 Å². The van der Waals surface area contributed by atoms with E-state index in [0.29, 0.717) is 34.9 Å². The van der Waals surface area contributed by atoms with E-state index in [1.165, 1.54) is 53.6 Å². The molecular formula is C56H44Cl4F3N8NaO9. The summed E-state index contributed by atoms with van der Waals surface area (Å²) in [5.41, 5.74) is 5.66. The molecule has 0 unspecified atom stereocenters. The number of para-hydroxylation sites is 2. The fourth-order valence-corrected chi connectivity index (χ4v) is 8.50. The number of aromatic nitrogens is 6. The number of rotatable bonds is 16. The van der Waals surface area contributed by atoms with E-state index in [4.69, 9.17) is 70.1 Å². The van der Waals surface area contributed by atoms with Crippen LogP contribution < -0.4 is 58.7 Å². The van der Waals surface area contributed by atoms with Crippen LogP contribution in [0.3, 0.4) is 0 Å². The Morgan fingerprint density at radius 2 is 0.877 bits per heavy atom. The molecule has 0 fully saturated rings. The van der Waals surface area contributed by atoms with Crippen molar-refractivity contribution in [2.45, 2.75) is 26.7 Å². The zero-order chi connectivity index (χ0) is 56.9.